The minimum Gasteiger partial charge on any atom is -0.733 e. The molecule has 0 amide bonds. The van der Waals surface area contributed by atoms with E-state index in [1.54, 1.807) is 49.4 Å². The first kappa shape index (κ1) is 26.1. The lowest BCUT2D eigenvalue weighted by Crippen LogP contribution is -2.36. The molecular weight excluding hydrogens is 506 g/mol. The molecule has 11 heteroatoms. The minimum atomic E-state index is -4.31. The van der Waals surface area contributed by atoms with Gasteiger partial charge in [0.25, 0.3) is 15.6 Å². The van der Waals surface area contributed by atoms with E-state index in [1.807, 2.05) is 13.0 Å². The Morgan fingerprint density at radius 3 is 1.84 bits per heavy atom. The van der Waals surface area contributed by atoms with E-state index in [2.05, 4.69) is 4.83 Å². The van der Waals surface area contributed by atoms with Crippen LogP contribution in [0.25, 0.3) is 22.4 Å². The summed E-state index contributed by atoms with van der Waals surface area (Å²) in [4.78, 5) is 15.8. The average molecular weight is 527 g/mol. The number of aryl methyl sites for hydroxylation is 2. The van der Waals surface area contributed by atoms with E-state index < -0.39 is 21.1 Å². The predicted octanol–water partition coefficient (Wildman–Crippen LogP) is 4.17. The first-order valence-electron chi connectivity index (χ1n) is 11.1. The molecule has 0 aliphatic rings. The lowest BCUT2D eigenvalue weighted by molar-refractivity contribution is 0.296. The second-order valence-corrected chi connectivity index (χ2v) is 10.1. The van der Waals surface area contributed by atoms with Gasteiger partial charge in [-0.3, -0.25) is 10.0 Å². The fraction of sp³-hybridized carbons (Fsp3) is 0.0741. The van der Waals surface area contributed by atoms with Crippen LogP contribution in [0.4, 0.5) is 5.69 Å². The molecule has 0 saturated heterocycles. The zero-order valence-electron chi connectivity index (χ0n) is 20.2. The van der Waals surface area contributed by atoms with Crippen LogP contribution < -0.4 is 15.6 Å². The van der Waals surface area contributed by atoms with Crippen molar-refractivity contribution in [2.45, 2.75) is 18.7 Å². The molecule has 0 radical (unpaired) electrons. The highest BCUT2D eigenvalue weighted by molar-refractivity contribution is 7.92. The number of pyridine rings is 1. The zero-order chi connectivity index (χ0) is 27.6. The average Bonchev–Trinajstić information content (AvgIpc) is 2.90. The van der Waals surface area contributed by atoms with Gasteiger partial charge in [-0.05, 0) is 43.7 Å². The van der Waals surface area contributed by atoms with Crippen molar-refractivity contribution >= 4 is 15.7 Å². The van der Waals surface area contributed by atoms with Crippen LogP contribution in [-0.4, -0.2) is 18.3 Å². The van der Waals surface area contributed by atoms with E-state index >= 15 is 0 Å². The monoisotopic (exact) mass is 526 g/mol. The molecule has 4 rings (SSSR count). The molecule has 1 aromatic heterocycles. The van der Waals surface area contributed by atoms with Crippen LogP contribution in [-0.2, 0) is 10.0 Å². The number of nitriles is 2. The Morgan fingerprint density at radius 1 is 0.842 bits per heavy atom. The highest BCUT2D eigenvalue weighted by Gasteiger charge is 2.27. The first-order valence-corrected chi connectivity index (χ1v) is 12.6. The normalized spacial score (nSPS) is 10.9. The van der Waals surface area contributed by atoms with Gasteiger partial charge in [0, 0.05) is 11.1 Å². The van der Waals surface area contributed by atoms with Crippen molar-refractivity contribution in [2.24, 2.45) is 0 Å². The number of nitrogens with one attached hydrogen (secondary N) is 1. The molecule has 190 valence electrons. The third-order valence-electron chi connectivity index (χ3n) is 5.85. The molecule has 0 spiro atoms. The van der Waals surface area contributed by atoms with Crippen molar-refractivity contribution in [3.8, 4) is 34.5 Å². The molecule has 0 fully saturated rings. The van der Waals surface area contributed by atoms with Crippen LogP contribution in [0.15, 0.2) is 82.5 Å². The fourth-order valence-electron chi connectivity index (χ4n) is 3.89. The minimum absolute atomic E-state index is 0.0386. The second-order valence-electron chi connectivity index (χ2n) is 8.43. The van der Waals surface area contributed by atoms with Crippen molar-refractivity contribution < 1.29 is 13.6 Å². The van der Waals surface area contributed by atoms with Crippen molar-refractivity contribution in [3.63, 3.8) is 0 Å². The summed E-state index contributed by atoms with van der Waals surface area (Å²) in [5, 5.41) is 40.2. The lowest BCUT2D eigenvalue weighted by atomic mass is 9.92. The number of benzene rings is 3. The van der Waals surface area contributed by atoms with Crippen LogP contribution in [0.2, 0.25) is 0 Å². The van der Waals surface area contributed by atoms with Gasteiger partial charge in [0.15, 0.2) is 0 Å². The van der Waals surface area contributed by atoms with E-state index in [-0.39, 0.29) is 38.2 Å². The van der Waals surface area contributed by atoms with Gasteiger partial charge < -0.3 is 10.4 Å². The number of nitrogens with zero attached hydrogens (tertiary/aromatic N) is 4. The van der Waals surface area contributed by atoms with E-state index in [9.17, 15) is 28.9 Å². The molecule has 10 nitrogen and oxygen atoms in total. The molecule has 0 aliphatic heterocycles. The third kappa shape index (κ3) is 4.85. The smallest absolute Gasteiger partial charge is 0.288 e. The van der Waals surface area contributed by atoms with Crippen molar-refractivity contribution in [2.75, 3.05) is 10.1 Å². The summed E-state index contributed by atoms with van der Waals surface area (Å²) in [5.74, 6) is 0. The van der Waals surface area contributed by atoms with Crippen molar-refractivity contribution in [3.05, 3.63) is 111 Å². The molecule has 1 heterocycles. The number of hydrogen-bond donors (Lipinski definition) is 2. The van der Waals surface area contributed by atoms with Crippen LogP contribution in [0.5, 0.6) is 0 Å². The van der Waals surface area contributed by atoms with Gasteiger partial charge in [-0.15, -0.1) is 0 Å². The largest absolute Gasteiger partial charge is 0.733 e. The Morgan fingerprint density at radius 2 is 1.34 bits per heavy atom. The Kier molecular flexibility index (Phi) is 7.02. The number of sulfonamides is 1. The number of aromatic nitrogens is 1. The molecular formula is C27H20N5O5S-. The van der Waals surface area contributed by atoms with Gasteiger partial charge >= 0.3 is 0 Å². The van der Waals surface area contributed by atoms with Gasteiger partial charge in [-0.1, -0.05) is 59.7 Å². The molecule has 4 aromatic rings. The Balaban J connectivity index is 2.06. The van der Waals surface area contributed by atoms with Gasteiger partial charge in [-0.2, -0.15) is 18.9 Å². The van der Waals surface area contributed by atoms with Gasteiger partial charge in [-0.25, -0.2) is 9.51 Å². The molecule has 3 aromatic carbocycles. The van der Waals surface area contributed by atoms with Crippen LogP contribution >= 0.6 is 0 Å². The fourth-order valence-corrected chi connectivity index (χ4v) is 4.91. The van der Waals surface area contributed by atoms with Crippen molar-refractivity contribution in [1.82, 2.24) is 4.68 Å². The summed E-state index contributed by atoms with van der Waals surface area (Å²) in [7, 11) is -4.31. The molecule has 2 N–H and O–H groups in total. The van der Waals surface area contributed by atoms with E-state index in [4.69, 9.17) is 5.21 Å². The summed E-state index contributed by atoms with van der Waals surface area (Å²) in [6.45, 7) is 3.64. The molecule has 0 aliphatic carbocycles. The van der Waals surface area contributed by atoms with Gasteiger partial charge in [0.2, 0.25) is 0 Å². The van der Waals surface area contributed by atoms with E-state index in [0.717, 1.165) is 11.1 Å². The highest BCUT2D eigenvalue weighted by Crippen LogP contribution is 2.34. The maximum absolute atomic E-state index is 13.7. The quantitative estimate of drug-likeness (QED) is 0.354. The van der Waals surface area contributed by atoms with E-state index in [0.29, 0.717) is 10.2 Å². The van der Waals surface area contributed by atoms with Gasteiger partial charge in [0.1, 0.15) is 17.7 Å². The Hall–Kier alpha value is -4.94. The molecule has 0 saturated carbocycles. The summed E-state index contributed by atoms with van der Waals surface area (Å²) < 4.78 is 27.2. The van der Waals surface area contributed by atoms with Crippen LogP contribution in [0.3, 0.4) is 0 Å². The maximum atomic E-state index is 13.7. The summed E-state index contributed by atoms with van der Waals surface area (Å²) in [6, 6.07) is 21.7. The van der Waals surface area contributed by atoms with Gasteiger partial charge in [0.05, 0.1) is 21.8 Å². The topological polar surface area (TPSA) is 162 Å². The zero-order valence-corrected chi connectivity index (χ0v) is 21.0. The number of anilines is 1. The third-order valence-corrected chi connectivity index (χ3v) is 7.16. The Labute approximate surface area is 218 Å². The highest BCUT2D eigenvalue weighted by atomic mass is 32.2. The SMILES string of the molecule is Cc1ccc(-c2c(C#N)c(-c3ccc(N([O-])O)cc3)c(C#N)c(=O)n2NS(=O)(=O)c2ccc(C)cc2)cc1. The molecule has 0 atom stereocenters. The maximum Gasteiger partial charge on any atom is 0.288 e. The van der Waals surface area contributed by atoms with Crippen LogP contribution in [0, 0.1) is 41.7 Å². The van der Waals surface area contributed by atoms with E-state index in [1.165, 1.54) is 36.4 Å². The summed E-state index contributed by atoms with van der Waals surface area (Å²) >= 11 is 0. The second kappa shape index (κ2) is 10.2. The first-order chi connectivity index (χ1) is 18.1. The van der Waals surface area contributed by atoms with Crippen molar-refractivity contribution in [1.29, 1.82) is 10.5 Å². The molecule has 38 heavy (non-hydrogen) atoms. The summed E-state index contributed by atoms with van der Waals surface area (Å²) in [6.07, 6.45) is 0. The van der Waals surface area contributed by atoms with Crippen LogP contribution in [0.1, 0.15) is 22.3 Å². The predicted molar refractivity (Wildman–Crippen MR) is 141 cm³/mol. The number of hydrogen-bond acceptors (Lipinski definition) is 8. The lowest BCUT2D eigenvalue weighted by Gasteiger charge is -2.22. The molecule has 0 unspecified atom stereocenters. The standard InChI is InChI=1S/C27H20N5O5S/c1-17-3-7-20(8-4-17)26-23(15-28)25(19-9-11-21(12-10-19)32(34)35)24(16-29)27(33)31(26)30-38(36,37)22-13-5-18(2)6-14-22/h3-14,30,34H,1-2H3/q-1. The Bertz CT molecular complexity index is 1760. The summed E-state index contributed by atoms with van der Waals surface area (Å²) in [5.41, 5.74) is 0.457. The molecule has 0 bridgehead atoms. The number of rotatable bonds is 6.